The summed E-state index contributed by atoms with van der Waals surface area (Å²) in [5.74, 6) is -0.0839. The van der Waals surface area contributed by atoms with Crippen molar-refractivity contribution in [2.45, 2.75) is 58.3 Å². The predicted molar refractivity (Wildman–Crippen MR) is 80.3 cm³/mol. The van der Waals surface area contributed by atoms with Crippen molar-refractivity contribution in [1.29, 1.82) is 0 Å². The average Bonchev–Trinajstić information content (AvgIpc) is 2.39. The van der Waals surface area contributed by atoms with Crippen molar-refractivity contribution in [3.8, 4) is 0 Å². The van der Waals surface area contributed by atoms with E-state index in [4.69, 9.17) is 11.6 Å². The minimum absolute atomic E-state index is 0.298. The van der Waals surface area contributed by atoms with Gasteiger partial charge in [-0.2, -0.15) is 0 Å². The lowest BCUT2D eigenvalue weighted by molar-refractivity contribution is 0.579. The van der Waals surface area contributed by atoms with Gasteiger partial charge in [0, 0.05) is 12.7 Å². The number of halogens is 2. The molecule has 1 aromatic heterocycles. The molecule has 0 fully saturated rings. The van der Waals surface area contributed by atoms with Crippen LogP contribution in [-0.4, -0.2) is 11.5 Å². The van der Waals surface area contributed by atoms with Crippen LogP contribution in [0.15, 0.2) is 12.3 Å². The van der Waals surface area contributed by atoms with Gasteiger partial charge in [0.25, 0.3) is 0 Å². The van der Waals surface area contributed by atoms with Crippen LogP contribution in [0.4, 0.5) is 10.2 Å². The predicted octanol–water partition coefficient (Wildman–Crippen LogP) is 5.43. The zero-order valence-electron chi connectivity index (χ0n) is 11.7. The Kier molecular flexibility index (Phi) is 8.55. The van der Waals surface area contributed by atoms with Gasteiger partial charge in [-0.3, -0.25) is 0 Å². The third-order valence-corrected chi connectivity index (χ3v) is 3.34. The van der Waals surface area contributed by atoms with Crippen molar-refractivity contribution in [2.24, 2.45) is 0 Å². The van der Waals surface area contributed by atoms with E-state index in [0.717, 1.165) is 13.0 Å². The molecule has 108 valence electrons. The molecule has 1 aromatic rings. The Bertz CT molecular complexity index is 358. The normalized spacial score (nSPS) is 10.7. The number of aromatic nitrogens is 1. The van der Waals surface area contributed by atoms with Gasteiger partial charge in [-0.05, 0) is 12.5 Å². The summed E-state index contributed by atoms with van der Waals surface area (Å²) >= 11 is 5.64. The van der Waals surface area contributed by atoms with E-state index in [1.807, 2.05) is 0 Å². The largest absolute Gasteiger partial charge is 0.368 e. The number of rotatable bonds is 10. The van der Waals surface area contributed by atoms with Crippen LogP contribution in [0.25, 0.3) is 0 Å². The Morgan fingerprint density at radius 3 is 2.37 bits per heavy atom. The first kappa shape index (κ1) is 16.2. The molecule has 0 saturated heterocycles. The fourth-order valence-electron chi connectivity index (χ4n) is 2.01. The Hall–Kier alpha value is -0.830. The van der Waals surface area contributed by atoms with Crippen molar-refractivity contribution in [3.63, 3.8) is 0 Å². The molecule has 0 aliphatic heterocycles. The molecule has 0 amide bonds. The molecule has 4 heteroatoms. The topological polar surface area (TPSA) is 24.9 Å². The van der Waals surface area contributed by atoms with Gasteiger partial charge in [0.15, 0.2) is 11.6 Å². The number of anilines is 1. The number of nitrogens with zero attached hydrogens (tertiary/aromatic N) is 1. The molecule has 1 heterocycles. The Labute approximate surface area is 120 Å². The van der Waals surface area contributed by atoms with E-state index in [2.05, 4.69) is 17.2 Å². The maximum absolute atomic E-state index is 13.4. The Balaban J connectivity index is 2.01. The van der Waals surface area contributed by atoms with E-state index in [0.29, 0.717) is 10.8 Å². The van der Waals surface area contributed by atoms with E-state index in [1.54, 1.807) is 0 Å². The SMILES string of the molecule is CCCCCCCCCCNc1ncc(Cl)cc1F. The molecule has 0 bridgehead atoms. The second kappa shape index (κ2) is 10.0. The summed E-state index contributed by atoms with van der Waals surface area (Å²) < 4.78 is 13.4. The summed E-state index contributed by atoms with van der Waals surface area (Å²) in [7, 11) is 0. The van der Waals surface area contributed by atoms with Crippen molar-refractivity contribution >= 4 is 17.4 Å². The zero-order chi connectivity index (χ0) is 13.9. The summed E-state index contributed by atoms with van der Waals surface area (Å²) in [5, 5.41) is 3.34. The minimum Gasteiger partial charge on any atom is -0.368 e. The third kappa shape index (κ3) is 7.36. The minimum atomic E-state index is -0.382. The van der Waals surface area contributed by atoms with Gasteiger partial charge >= 0.3 is 0 Å². The first-order chi connectivity index (χ1) is 9.24. The highest BCUT2D eigenvalue weighted by molar-refractivity contribution is 6.30. The summed E-state index contributed by atoms with van der Waals surface area (Å²) in [6, 6.07) is 1.28. The maximum atomic E-state index is 13.4. The number of nitrogens with one attached hydrogen (secondary N) is 1. The van der Waals surface area contributed by atoms with Crippen LogP contribution in [0.2, 0.25) is 5.02 Å². The first-order valence-corrected chi connectivity index (χ1v) is 7.66. The van der Waals surface area contributed by atoms with Gasteiger partial charge in [0.2, 0.25) is 0 Å². The van der Waals surface area contributed by atoms with Gasteiger partial charge in [-0.1, -0.05) is 63.5 Å². The Morgan fingerprint density at radius 1 is 1.11 bits per heavy atom. The van der Waals surface area contributed by atoms with Crippen LogP contribution in [-0.2, 0) is 0 Å². The van der Waals surface area contributed by atoms with Crippen LogP contribution >= 0.6 is 11.6 Å². The van der Waals surface area contributed by atoms with E-state index < -0.39 is 0 Å². The molecular weight excluding hydrogens is 263 g/mol. The molecule has 0 aliphatic carbocycles. The van der Waals surface area contributed by atoms with E-state index >= 15 is 0 Å². The summed E-state index contributed by atoms with van der Waals surface area (Å²) in [4.78, 5) is 3.93. The van der Waals surface area contributed by atoms with Gasteiger partial charge in [0.1, 0.15) is 0 Å². The molecule has 0 atom stereocenters. The molecule has 0 saturated carbocycles. The first-order valence-electron chi connectivity index (χ1n) is 7.29. The van der Waals surface area contributed by atoms with Gasteiger partial charge < -0.3 is 5.32 Å². The maximum Gasteiger partial charge on any atom is 0.166 e. The molecule has 19 heavy (non-hydrogen) atoms. The van der Waals surface area contributed by atoms with E-state index in [9.17, 15) is 4.39 Å². The van der Waals surface area contributed by atoms with Crippen LogP contribution in [0.1, 0.15) is 58.3 Å². The second-order valence-electron chi connectivity index (χ2n) is 4.89. The lowest BCUT2D eigenvalue weighted by Gasteiger charge is -2.06. The molecular formula is C15H24ClFN2. The Morgan fingerprint density at radius 2 is 1.74 bits per heavy atom. The monoisotopic (exact) mass is 286 g/mol. The highest BCUT2D eigenvalue weighted by atomic mass is 35.5. The highest BCUT2D eigenvalue weighted by Gasteiger charge is 2.03. The number of unbranched alkanes of at least 4 members (excludes halogenated alkanes) is 7. The molecule has 0 aliphatic rings. The summed E-state index contributed by atoms with van der Waals surface area (Å²) in [5.41, 5.74) is 0. The fourth-order valence-corrected chi connectivity index (χ4v) is 2.15. The summed E-state index contributed by atoms with van der Waals surface area (Å²) in [6.45, 7) is 3.00. The van der Waals surface area contributed by atoms with Crippen molar-refractivity contribution in [1.82, 2.24) is 4.98 Å². The van der Waals surface area contributed by atoms with Gasteiger partial charge in [-0.15, -0.1) is 0 Å². The van der Waals surface area contributed by atoms with Gasteiger partial charge in [0.05, 0.1) is 5.02 Å². The number of hydrogen-bond donors (Lipinski definition) is 1. The lowest BCUT2D eigenvalue weighted by Crippen LogP contribution is -2.05. The standard InChI is InChI=1S/C15H24ClFN2/c1-2-3-4-5-6-7-8-9-10-18-15-14(17)11-13(16)12-19-15/h11-12H,2-10H2,1H3,(H,18,19). The molecule has 0 radical (unpaired) electrons. The van der Waals surface area contributed by atoms with Crippen molar-refractivity contribution < 1.29 is 4.39 Å². The van der Waals surface area contributed by atoms with Crippen LogP contribution in [0, 0.1) is 5.82 Å². The lowest BCUT2D eigenvalue weighted by atomic mass is 10.1. The molecule has 0 aromatic carbocycles. The quantitative estimate of drug-likeness (QED) is 0.580. The molecule has 2 nitrogen and oxygen atoms in total. The van der Waals surface area contributed by atoms with E-state index in [-0.39, 0.29) is 5.82 Å². The van der Waals surface area contributed by atoms with Crippen LogP contribution in [0.3, 0.4) is 0 Å². The number of hydrogen-bond acceptors (Lipinski definition) is 2. The molecule has 0 spiro atoms. The van der Waals surface area contributed by atoms with E-state index in [1.165, 1.54) is 57.2 Å². The highest BCUT2D eigenvalue weighted by Crippen LogP contribution is 2.15. The second-order valence-corrected chi connectivity index (χ2v) is 5.32. The fraction of sp³-hybridized carbons (Fsp3) is 0.667. The molecule has 1 N–H and O–H groups in total. The number of pyridine rings is 1. The smallest absolute Gasteiger partial charge is 0.166 e. The molecule has 0 unspecified atom stereocenters. The molecule has 1 rings (SSSR count). The average molecular weight is 287 g/mol. The zero-order valence-corrected chi connectivity index (χ0v) is 12.5. The third-order valence-electron chi connectivity index (χ3n) is 3.13. The van der Waals surface area contributed by atoms with Gasteiger partial charge in [-0.25, -0.2) is 9.37 Å². The summed E-state index contributed by atoms with van der Waals surface area (Å²) in [6.07, 6.45) is 11.6. The van der Waals surface area contributed by atoms with Crippen molar-refractivity contribution in [2.75, 3.05) is 11.9 Å². The van der Waals surface area contributed by atoms with Crippen molar-refractivity contribution in [3.05, 3.63) is 23.1 Å². The van der Waals surface area contributed by atoms with Crippen LogP contribution in [0.5, 0.6) is 0 Å². The van der Waals surface area contributed by atoms with Crippen LogP contribution < -0.4 is 5.32 Å².